The van der Waals surface area contributed by atoms with Crippen LogP contribution in [0.15, 0.2) is 78.0 Å². The van der Waals surface area contributed by atoms with E-state index in [1.165, 1.54) is 12.1 Å². The Hall–Kier alpha value is -3.43. The number of nitrogens with one attached hydrogen (secondary N) is 2. The average molecular weight is 456 g/mol. The molecule has 1 aromatic heterocycles. The molecule has 2 aromatic carbocycles. The van der Waals surface area contributed by atoms with E-state index < -0.39 is 15.9 Å². The summed E-state index contributed by atoms with van der Waals surface area (Å²) in [5, 5.41) is 5.40. The van der Waals surface area contributed by atoms with Crippen LogP contribution in [-0.2, 0) is 26.9 Å². The first kappa shape index (κ1) is 23.2. The van der Waals surface area contributed by atoms with Gasteiger partial charge < -0.3 is 20.1 Å². The summed E-state index contributed by atoms with van der Waals surface area (Å²) in [6, 6.07) is 16.3. The van der Waals surface area contributed by atoms with Crippen LogP contribution in [0.4, 0.5) is 10.5 Å². The zero-order valence-corrected chi connectivity index (χ0v) is 18.5. The number of aromatic nitrogens is 1. The van der Waals surface area contributed by atoms with Gasteiger partial charge in [-0.15, -0.1) is 0 Å². The van der Waals surface area contributed by atoms with Crippen molar-refractivity contribution in [2.24, 2.45) is 0 Å². The van der Waals surface area contributed by atoms with Gasteiger partial charge in [0.2, 0.25) is 0 Å². The molecule has 0 spiro atoms. The van der Waals surface area contributed by atoms with Crippen LogP contribution in [0, 0.1) is 0 Å². The van der Waals surface area contributed by atoms with Crippen LogP contribution in [0.3, 0.4) is 0 Å². The number of ether oxygens (including phenoxy) is 2. The molecule has 9 heteroatoms. The molecule has 3 aromatic rings. The summed E-state index contributed by atoms with van der Waals surface area (Å²) in [5.41, 5.74) is 1.98. The molecule has 1 heterocycles. The average Bonchev–Trinajstić information content (AvgIpc) is 2.79. The van der Waals surface area contributed by atoms with E-state index in [1.54, 1.807) is 62.0 Å². The molecular formula is C23H25N3O5S. The quantitative estimate of drug-likeness (QED) is 0.454. The summed E-state index contributed by atoms with van der Waals surface area (Å²) >= 11 is 0. The lowest BCUT2D eigenvalue weighted by atomic mass is 10.2. The van der Waals surface area contributed by atoms with E-state index in [1.807, 2.05) is 6.07 Å². The summed E-state index contributed by atoms with van der Waals surface area (Å²) in [6.07, 6.45) is 3.33. The van der Waals surface area contributed by atoms with Gasteiger partial charge in [0, 0.05) is 31.7 Å². The Labute approximate surface area is 187 Å². The minimum absolute atomic E-state index is 0.160. The third-order valence-corrected chi connectivity index (χ3v) is 6.16. The molecule has 168 valence electrons. The topological polar surface area (TPSA) is 107 Å². The molecule has 32 heavy (non-hydrogen) atoms. The summed E-state index contributed by atoms with van der Waals surface area (Å²) in [7, 11) is -1.98. The highest BCUT2D eigenvalue weighted by molar-refractivity contribution is 7.90. The minimum atomic E-state index is -3.56. The van der Waals surface area contributed by atoms with Gasteiger partial charge in [0.25, 0.3) is 0 Å². The normalized spacial score (nSPS) is 11.0. The molecule has 3 rings (SSSR count). The molecule has 0 unspecified atom stereocenters. The second-order valence-corrected chi connectivity index (χ2v) is 8.93. The molecule has 0 saturated carbocycles. The smallest absolute Gasteiger partial charge is 0.319 e. The zero-order valence-electron chi connectivity index (χ0n) is 17.7. The molecule has 0 aliphatic rings. The Morgan fingerprint density at radius 2 is 1.78 bits per heavy atom. The van der Waals surface area contributed by atoms with E-state index in [0.29, 0.717) is 36.8 Å². The monoisotopic (exact) mass is 455 g/mol. The first-order valence-electron chi connectivity index (χ1n) is 9.93. The standard InChI is InChI=1S/C23H25N3O5S/c1-30-12-13-31-21-6-2-4-18(14-21)17-32(28,29)22-9-7-20(8-10-22)26-23(27)25-16-19-5-3-11-24-15-19/h2-11,14-15H,12-13,16-17H2,1H3,(H2,25,26,27). The van der Waals surface area contributed by atoms with Gasteiger partial charge in [0.05, 0.1) is 17.3 Å². The summed E-state index contributed by atoms with van der Waals surface area (Å²) in [6.45, 7) is 1.17. The second kappa shape index (κ2) is 11.3. The van der Waals surface area contributed by atoms with E-state index in [4.69, 9.17) is 9.47 Å². The zero-order chi connectivity index (χ0) is 22.8. The molecule has 0 saturated heterocycles. The van der Waals surface area contributed by atoms with Crippen molar-refractivity contribution in [2.75, 3.05) is 25.6 Å². The fourth-order valence-corrected chi connectivity index (χ4v) is 4.21. The van der Waals surface area contributed by atoms with Crippen molar-refractivity contribution in [3.63, 3.8) is 0 Å². The number of urea groups is 1. The van der Waals surface area contributed by atoms with E-state index in [0.717, 1.165) is 5.56 Å². The SMILES string of the molecule is COCCOc1cccc(CS(=O)(=O)c2ccc(NC(=O)NCc3cccnc3)cc2)c1. The predicted octanol–water partition coefficient (Wildman–Crippen LogP) is 3.40. The number of rotatable bonds is 10. The van der Waals surface area contributed by atoms with Gasteiger partial charge in [-0.1, -0.05) is 18.2 Å². The van der Waals surface area contributed by atoms with Crippen molar-refractivity contribution in [3.8, 4) is 5.75 Å². The van der Waals surface area contributed by atoms with E-state index >= 15 is 0 Å². The molecular weight excluding hydrogens is 430 g/mol. The Bertz CT molecular complexity index is 1120. The first-order chi connectivity index (χ1) is 15.5. The molecule has 0 fully saturated rings. The van der Waals surface area contributed by atoms with Crippen LogP contribution in [0.5, 0.6) is 5.75 Å². The van der Waals surface area contributed by atoms with Crippen LogP contribution in [0.2, 0.25) is 0 Å². The van der Waals surface area contributed by atoms with Crippen LogP contribution in [0.25, 0.3) is 0 Å². The van der Waals surface area contributed by atoms with Gasteiger partial charge in [-0.2, -0.15) is 0 Å². The summed E-state index contributed by atoms with van der Waals surface area (Å²) in [5.74, 6) is 0.430. The number of anilines is 1. The van der Waals surface area contributed by atoms with Crippen LogP contribution in [0.1, 0.15) is 11.1 Å². The first-order valence-corrected chi connectivity index (χ1v) is 11.6. The number of sulfone groups is 1. The summed E-state index contributed by atoms with van der Waals surface area (Å²) in [4.78, 5) is 16.2. The Balaban J connectivity index is 1.57. The number of carbonyl (C=O) groups is 1. The van der Waals surface area contributed by atoms with Gasteiger partial charge in [0.15, 0.2) is 9.84 Å². The lowest BCUT2D eigenvalue weighted by Crippen LogP contribution is -2.28. The Morgan fingerprint density at radius 3 is 2.50 bits per heavy atom. The second-order valence-electron chi connectivity index (χ2n) is 6.94. The maximum Gasteiger partial charge on any atom is 0.319 e. The van der Waals surface area contributed by atoms with Crippen LogP contribution < -0.4 is 15.4 Å². The number of carbonyl (C=O) groups excluding carboxylic acids is 1. The van der Waals surface area contributed by atoms with Gasteiger partial charge in [0.1, 0.15) is 12.4 Å². The maximum absolute atomic E-state index is 12.8. The third kappa shape index (κ3) is 7.07. The van der Waals surface area contributed by atoms with Gasteiger partial charge in [-0.25, -0.2) is 13.2 Å². The van der Waals surface area contributed by atoms with Crippen LogP contribution in [-0.4, -0.2) is 39.8 Å². The number of pyridine rings is 1. The number of hydrogen-bond acceptors (Lipinski definition) is 6. The lowest BCUT2D eigenvalue weighted by Gasteiger charge is -2.10. The highest BCUT2D eigenvalue weighted by atomic mass is 32.2. The van der Waals surface area contributed by atoms with Crippen molar-refractivity contribution in [1.29, 1.82) is 0 Å². The fraction of sp³-hybridized carbons (Fsp3) is 0.217. The Kier molecular flexibility index (Phi) is 8.18. The molecule has 0 atom stereocenters. The fourth-order valence-electron chi connectivity index (χ4n) is 2.88. The molecule has 0 radical (unpaired) electrons. The van der Waals surface area contributed by atoms with Crippen molar-refractivity contribution >= 4 is 21.6 Å². The van der Waals surface area contributed by atoms with Gasteiger partial charge >= 0.3 is 6.03 Å². The Morgan fingerprint density at radius 1 is 1.00 bits per heavy atom. The van der Waals surface area contributed by atoms with E-state index in [-0.39, 0.29) is 10.6 Å². The number of benzene rings is 2. The highest BCUT2D eigenvalue weighted by Gasteiger charge is 2.16. The molecule has 2 N–H and O–H groups in total. The number of methoxy groups -OCH3 is 1. The lowest BCUT2D eigenvalue weighted by molar-refractivity contribution is 0.146. The number of hydrogen-bond donors (Lipinski definition) is 2. The summed E-state index contributed by atoms with van der Waals surface area (Å²) < 4.78 is 36.1. The van der Waals surface area contributed by atoms with E-state index in [2.05, 4.69) is 15.6 Å². The predicted molar refractivity (Wildman–Crippen MR) is 121 cm³/mol. The number of nitrogens with zero attached hydrogens (tertiary/aromatic N) is 1. The van der Waals surface area contributed by atoms with Crippen molar-refractivity contribution in [1.82, 2.24) is 10.3 Å². The molecule has 2 amide bonds. The largest absolute Gasteiger partial charge is 0.491 e. The van der Waals surface area contributed by atoms with Crippen LogP contribution >= 0.6 is 0 Å². The molecule has 8 nitrogen and oxygen atoms in total. The minimum Gasteiger partial charge on any atom is -0.491 e. The molecule has 0 aliphatic carbocycles. The van der Waals surface area contributed by atoms with E-state index in [9.17, 15) is 13.2 Å². The third-order valence-electron chi connectivity index (χ3n) is 4.46. The van der Waals surface area contributed by atoms with Gasteiger partial charge in [-0.3, -0.25) is 4.98 Å². The van der Waals surface area contributed by atoms with Crippen molar-refractivity contribution in [3.05, 3.63) is 84.2 Å². The van der Waals surface area contributed by atoms with Crippen molar-refractivity contribution < 1.29 is 22.7 Å². The van der Waals surface area contributed by atoms with Gasteiger partial charge in [-0.05, 0) is 53.6 Å². The number of amides is 2. The molecule has 0 aliphatic heterocycles. The maximum atomic E-state index is 12.8. The molecule has 0 bridgehead atoms. The highest BCUT2D eigenvalue weighted by Crippen LogP contribution is 2.21. The van der Waals surface area contributed by atoms with Crippen molar-refractivity contribution in [2.45, 2.75) is 17.2 Å².